The Morgan fingerprint density at radius 1 is 0.950 bits per heavy atom. The highest BCUT2D eigenvalue weighted by Gasteiger charge is 2.35. The molecule has 3 nitrogen and oxygen atoms in total. The molecule has 4 atom stereocenters. The summed E-state index contributed by atoms with van der Waals surface area (Å²) in [4.78, 5) is 0. The van der Waals surface area contributed by atoms with Crippen molar-refractivity contribution in [1.82, 2.24) is 0 Å². The first kappa shape index (κ1) is 15.2. The zero-order valence-corrected chi connectivity index (χ0v) is 12.2. The quantitative estimate of drug-likeness (QED) is 0.810. The molecule has 1 aliphatic carbocycles. The summed E-state index contributed by atoms with van der Waals surface area (Å²) in [7, 11) is 3.40. The highest BCUT2D eigenvalue weighted by Crippen LogP contribution is 2.33. The van der Waals surface area contributed by atoms with E-state index in [1.807, 2.05) is 12.1 Å². The number of hydrogen-bond donors (Lipinski definition) is 1. The number of benzene rings is 1. The SMILES string of the molecule is COC[C@@H]1[C@H](COC)[C@H](O)C=C[C@H]1Cc1ccccc1. The van der Waals surface area contributed by atoms with Gasteiger partial charge in [-0.2, -0.15) is 0 Å². The minimum absolute atomic E-state index is 0.0960. The Labute approximate surface area is 121 Å². The average Bonchev–Trinajstić information content (AvgIpc) is 2.47. The monoisotopic (exact) mass is 276 g/mol. The van der Waals surface area contributed by atoms with Crippen LogP contribution in [0.25, 0.3) is 0 Å². The van der Waals surface area contributed by atoms with Gasteiger partial charge in [0, 0.05) is 20.1 Å². The molecule has 0 aliphatic heterocycles. The Morgan fingerprint density at radius 3 is 2.25 bits per heavy atom. The van der Waals surface area contributed by atoms with Gasteiger partial charge in [0.2, 0.25) is 0 Å². The molecule has 0 heterocycles. The molecule has 0 saturated carbocycles. The maximum atomic E-state index is 10.2. The van der Waals surface area contributed by atoms with Crippen molar-refractivity contribution in [1.29, 1.82) is 0 Å². The molecule has 20 heavy (non-hydrogen) atoms. The van der Waals surface area contributed by atoms with Gasteiger partial charge in [0.15, 0.2) is 0 Å². The number of ether oxygens (including phenoxy) is 2. The summed E-state index contributed by atoms with van der Waals surface area (Å²) in [6, 6.07) is 10.5. The van der Waals surface area contributed by atoms with Gasteiger partial charge in [-0.25, -0.2) is 0 Å². The van der Waals surface area contributed by atoms with Gasteiger partial charge in [0.1, 0.15) is 0 Å². The van der Waals surface area contributed by atoms with Gasteiger partial charge in [-0.05, 0) is 23.8 Å². The van der Waals surface area contributed by atoms with Crippen molar-refractivity contribution in [3.63, 3.8) is 0 Å². The van der Waals surface area contributed by atoms with E-state index in [4.69, 9.17) is 9.47 Å². The van der Waals surface area contributed by atoms with Crippen LogP contribution >= 0.6 is 0 Å². The lowest BCUT2D eigenvalue weighted by molar-refractivity contribution is -0.0101. The third kappa shape index (κ3) is 3.69. The molecule has 1 aromatic carbocycles. The Hall–Kier alpha value is -1.16. The summed E-state index contributed by atoms with van der Waals surface area (Å²) in [5, 5.41) is 10.2. The third-order valence-electron chi connectivity index (χ3n) is 4.13. The van der Waals surface area contributed by atoms with Crippen molar-refractivity contribution in [2.45, 2.75) is 12.5 Å². The molecule has 3 heteroatoms. The lowest BCUT2D eigenvalue weighted by Crippen LogP contribution is -2.40. The van der Waals surface area contributed by atoms with Crippen LogP contribution < -0.4 is 0 Å². The zero-order chi connectivity index (χ0) is 14.4. The summed E-state index contributed by atoms with van der Waals surface area (Å²) >= 11 is 0. The molecule has 1 aliphatic rings. The van der Waals surface area contributed by atoms with Gasteiger partial charge in [0.05, 0.1) is 19.3 Å². The maximum Gasteiger partial charge on any atom is 0.0774 e. The molecule has 110 valence electrons. The first-order valence-corrected chi connectivity index (χ1v) is 7.14. The van der Waals surface area contributed by atoms with Crippen LogP contribution in [0.4, 0.5) is 0 Å². The van der Waals surface area contributed by atoms with Gasteiger partial charge >= 0.3 is 0 Å². The maximum absolute atomic E-state index is 10.2. The number of methoxy groups -OCH3 is 2. The Balaban J connectivity index is 2.14. The van der Waals surface area contributed by atoms with E-state index in [9.17, 15) is 5.11 Å². The van der Waals surface area contributed by atoms with Crippen molar-refractivity contribution in [3.8, 4) is 0 Å². The highest BCUT2D eigenvalue weighted by molar-refractivity contribution is 5.18. The van der Waals surface area contributed by atoms with E-state index < -0.39 is 6.10 Å². The van der Waals surface area contributed by atoms with Gasteiger partial charge in [-0.1, -0.05) is 42.5 Å². The second-order valence-electron chi connectivity index (χ2n) is 5.47. The summed E-state index contributed by atoms with van der Waals surface area (Å²) in [5.41, 5.74) is 1.32. The Morgan fingerprint density at radius 2 is 1.60 bits per heavy atom. The first-order chi connectivity index (χ1) is 9.76. The molecule has 1 aromatic rings. The van der Waals surface area contributed by atoms with Crippen LogP contribution in [-0.2, 0) is 15.9 Å². The largest absolute Gasteiger partial charge is 0.389 e. The fraction of sp³-hybridized carbons (Fsp3) is 0.529. The standard InChI is InChI=1S/C17H24O3/c1-19-11-15-14(10-13-6-4-3-5-7-13)8-9-17(18)16(15)12-20-2/h3-9,14-18H,10-12H2,1-2H3/t14-,15-,16-,17+/m0/s1. The Bertz CT molecular complexity index is 416. The van der Waals surface area contributed by atoms with E-state index in [0.29, 0.717) is 19.1 Å². The highest BCUT2D eigenvalue weighted by atomic mass is 16.5. The number of rotatable bonds is 6. The molecular formula is C17H24O3. The van der Waals surface area contributed by atoms with Crippen molar-refractivity contribution in [3.05, 3.63) is 48.0 Å². The van der Waals surface area contributed by atoms with E-state index in [-0.39, 0.29) is 11.8 Å². The van der Waals surface area contributed by atoms with E-state index >= 15 is 0 Å². The van der Waals surface area contributed by atoms with E-state index in [0.717, 1.165) is 6.42 Å². The molecule has 2 rings (SSSR count). The summed E-state index contributed by atoms with van der Waals surface area (Å²) in [6.45, 7) is 1.21. The van der Waals surface area contributed by atoms with Crippen LogP contribution in [0.5, 0.6) is 0 Å². The van der Waals surface area contributed by atoms with Crippen LogP contribution in [0.1, 0.15) is 5.56 Å². The van der Waals surface area contributed by atoms with Gasteiger partial charge in [-0.3, -0.25) is 0 Å². The van der Waals surface area contributed by atoms with Crippen molar-refractivity contribution in [2.75, 3.05) is 27.4 Å². The van der Waals surface area contributed by atoms with Crippen LogP contribution in [-0.4, -0.2) is 38.6 Å². The topological polar surface area (TPSA) is 38.7 Å². The molecule has 0 radical (unpaired) electrons. The van der Waals surface area contributed by atoms with Crippen molar-refractivity contribution >= 4 is 0 Å². The molecular weight excluding hydrogens is 252 g/mol. The third-order valence-corrected chi connectivity index (χ3v) is 4.13. The van der Waals surface area contributed by atoms with Crippen molar-refractivity contribution < 1.29 is 14.6 Å². The molecule has 0 amide bonds. The fourth-order valence-electron chi connectivity index (χ4n) is 3.07. The first-order valence-electron chi connectivity index (χ1n) is 7.14. The number of allylic oxidation sites excluding steroid dienone is 1. The predicted molar refractivity (Wildman–Crippen MR) is 79.5 cm³/mol. The number of aliphatic hydroxyl groups is 1. The molecule has 0 saturated heterocycles. The molecule has 0 aromatic heterocycles. The average molecular weight is 276 g/mol. The van der Waals surface area contributed by atoms with Crippen LogP contribution in [0.15, 0.2) is 42.5 Å². The summed E-state index contributed by atoms with van der Waals surface area (Å²) in [6.07, 6.45) is 4.57. The number of aliphatic hydroxyl groups excluding tert-OH is 1. The molecule has 0 fully saturated rings. The van der Waals surface area contributed by atoms with Crippen LogP contribution in [0.2, 0.25) is 0 Å². The number of hydrogen-bond acceptors (Lipinski definition) is 3. The molecule has 0 bridgehead atoms. The lowest BCUT2D eigenvalue weighted by atomic mass is 9.73. The molecule has 0 unspecified atom stereocenters. The van der Waals surface area contributed by atoms with Crippen LogP contribution in [0.3, 0.4) is 0 Å². The van der Waals surface area contributed by atoms with E-state index in [1.54, 1.807) is 14.2 Å². The smallest absolute Gasteiger partial charge is 0.0774 e. The summed E-state index contributed by atoms with van der Waals surface area (Å²) in [5.74, 6) is 0.750. The molecule has 0 spiro atoms. The minimum Gasteiger partial charge on any atom is -0.389 e. The normalized spacial score (nSPS) is 29.6. The second kappa shape index (κ2) is 7.58. The summed E-state index contributed by atoms with van der Waals surface area (Å²) < 4.78 is 10.7. The molecule has 1 N–H and O–H groups in total. The van der Waals surface area contributed by atoms with Crippen molar-refractivity contribution in [2.24, 2.45) is 17.8 Å². The predicted octanol–water partition coefficient (Wildman–Crippen LogP) is 2.30. The van der Waals surface area contributed by atoms with E-state index in [2.05, 4.69) is 30.3 Å². The van der Waals surface area contributed by atoms with Gasteiger partial charge < -0.3 is 14.6 Å². The second-order valence-corrected chi connectivity index (χ2v) is 5.47. The van der Waals surface area contributed by atoms with Gasteiger partial charge in [0.25, 0.3) is 0 Å². The fourth-order valence-corrected chi connectivity index (χ4v) is 3.07. The minimum atomic E-state index is -0.442. The van der Waals surface area contributed by atoms with Gasteiger partial charge in [-0.15, -0.1) is 0 Å². The lowest BCUT2D eigenvalue weighted by Gasteiger charge is -2.37. The van der Waals surface area contributed by atoms with Crippen LogP contribution in [0, 0.1) is 17.8 Å². The van der Waals surface area contributed by atoms with E-state index in [1.165, 1.54) is 5.56 Å². The Kier molecular flexibility index (Phi) is 5.77. The zero-order valence-electron chi connectivity index (χ0n) is 12.2.